The molecule has 1 rings (SSSR count). The van der Waals surface area contributed by atoms with Gasteiger partial charge in [-0.05, 0) is 37.6 Å². The van der Waals surface area contributed by atoms with Crippen LogP contribution in [0.4, 0.5) is 5.69 Å². The summed E-state index contributed by atoms with van der Waals surface area (Å²) in [4.78, 5) is 23.2. The van der Waals surface area contributed by atoms with Gasteiger partial charge in [-0.1, -0.05) is 13.3 Å². The number of anilines is 1. The highest BCUT2D eigenvalue weighted by Gasteiger charge is 2.17. The van der Waals surface area contributed by atoms with Crippen LogP contribution >= 0.6 is 0 Å². The molecule has 6 heteroatoms. The molecule has 116 valence electrons. The maximum absolute atomic E-state index is 11.6. The molecule has 0 aliphatic heterocycles. The van der Waals surface area contributed by atoms with Crippen molar-refractivity contribution in [3.8, 4) is 5.75 Å². The van der Waals surface area contributed by atoms with Gasteiger partial charge < -0.3 is 20.5 Å². The van der Waals surface area contributed by atoms with Gasteiger partial charge in [0.05, 0.1) is 0 Å². The van der Waals surface area contributed by atoms with Crippen molar-refractivity contribution in [2.75, 3.05) is 18.9 Å². The Hall–Kier alpha value is -2.24. The molecule has 6 nitrogen and oxygen atoms in total. The van der Waals surface area contributed by atoms with Crippen LogP contribution in [0.25, 0.3) is 0 Å². The van der Waals surface area contributed by atoms with Crippen LogP contribution in [0.5, 0.6) is 5.75 Å². The standard InChI is InChI=1S/C15H22N2O4/c1-3-4-9-17-15(19)11(2)21-14(18)10-20-13-7-5-12(16)6-8-13/h5-8,11H,3-4,9-10,16H2,1-2H3,(H,17,19). The van der Waals surface area contributed by atoms with Crippen LogP contribution in [-0.4, -0.2) is 31.1 Å². The molecule has 0 spiro atoms. The number of hydrogen-bond acceptors (Lipinski definition) is 5. The first-order valence-corrected chi connectivity index (χ1v) is 6.98. The maximum atomic E-state index is 11.6. The molecule has 0 fully saturated rings. The van der Waals surface area contributed by atoms with Gasteiger partial charge in [-0.2, -0.15) is 0 Å². The molecule has 21 heavy (non-hydrogen) atoms. The molecule has 0 heterocycles. The zero-order valence-corrected chi connectivity index (χ0v) is 12.4. The fourth-order valence-corrected chi connectivity index (χ4v) is 1.52. The van der Waals surface area contributed by atoms with Crippen LogP contribution in [0.3, 0.4) is 0 Å². The van der Waals surface area contributed by atoms with Crippen LogP contribution in [0, 0.1) is 0 Å². The number of nitrogen functional groups attached to an aromatic ring is 1. The zero-order chi connectivity index (χ0) is 15.7. The largest absolute Gasteiger partial charge is 0.482 e. The van der Waals surface area contributed by atoms with E-state index in [9.17, 15) is 9.59 Å². The van der Waals surface area contributed by atoms with E-state index in [1.54, 1.807) is 24.3 Å². The summed E-state index contributed by atoms with van der Waals surface area (Å²) in [5.74, 6) is -0.379. The Morgan fingerprint density at radius 2 is 1.95 bits per heavy atom. The molecule has 1 unspecified atom stereocenters. The monoisotopic (exact) mass is 294 g/mol. The van der Waals surface area contributed by atoms with Crippen molar-refractivity contribution < 1.29 is 19.1 Å². The highest BCUT2D eigenvalue weighted by Crippen LogP contribution is 2.12. The molecule has 0 saturated carbocycles. The van der Waals surface area contributed by atoms with Gasteiger partial charge in [-0.15, -0.1) is 0 Å². The molecule has 1 aromatic carbocycles. The lowest BCUT2D eigenvalue weighted by Crippen LogP contribution is -2.37. The Labute approximate surface area is 124 Å². The number of unbranched alkanes of at least 4 members (excludes halogenated alkanes) is 1. The number of carbonyl (C=O) groups is 2. The topological polar surface area (TPSA) is 90.6 Å². The van der Waals surface area contributed by atoms with E-state index in [-0.39, 0.29) is 12.5 Å². The molecule has 0 aromatic heterocycles. The average Bonchev–Trinajstić information content (AvgIpc) is 2.46. The van der Waals surface area contributed by atoms with Crippen LogP contribution in [0.2, 0.25) is 0 Å². The lowest BCUT2D eigenvalue weighted by Gasteiger charge is -2.13. The molecular formula is C15H22N2O4. The molecule has 3 N–H and O–H groups in total. The van der Waals surface area contributed by atoms with Crippen molar-refractivity contribution in [3.63, 3.8) is 0 Å². The fraction of sp³-hybridized carbons (Fsp3) is 0.467. The highest BCUT2D eigenvalue weighted by molar-refractivity contribution is 5.83. The van der Waals surface area contributed by atoms with Gasteiger partial charge in [-0.3, -0.25) is 4.79 Å². The summed E-state index contributed by atoms with van der Waals surface area (Å²) in [5.41, 5.74) is 6.15. The second-order valence-electron chi connectivity index (χ2n) is 4.63. The van der Waals surface area contributed by atoms with Crippen molar-refractivity contribution in [3.05, 3.63) is 24.3 Å². The molecule has 1 amide bonds. The Morgan fingerprint density at radius 3 is 2.57 bits per heavy atom. The van der Waals surface area contributed by atoms with Crippen LogP contribution < -0.4 is 15.8 Å². The summed E-state index contributed by atoms with van der Waals surface area (Å²) in [7, 11) is 0. The summed E-state index contributed by atoms with van der Waals surface area (Å²) < 4.78 is 10.2. The third-order valence-electron chi connectivity index (χ3n) is 2.74. The molecule has 0 aliphatic rings. The summed E-state index contributed by atoms with van der Waals surface area (Å²) >= 11 is 0. The molecule has 0 radical (unpaired) electrons. The summed E-state index contributed by atoms with van der Waals surface area (Å²) in [6, 6.07) is 6.65. The van der Waals surface area contributed by atoms with Gasteiger partial charge in [0, 0.05) is 12.2 Å². The van der Waals surface area contributed by atoms with Gasteiger partial charge in [0.25, 0.3) is 5.91 Å². The minimum atomic E-state index is -0.829. The SMILES string of the molecule is CCCCNC(=O)C(C)OC(=O)COc1ccc(N)cc1. The summed E-state index contributed by atoms with van der Waals surface area (Å²) in [6.07, 6.45) is 1.06. The van der Waals surface area contributed by atoms with Gasteiger partial charge in [-0.25, -0.2) is 4.79 Å². The number of carbonyl (C=O) groups excluding carboxylic acids is 2. The van der Waals surface area contributed by atoms with E-state index in [0.717, 1.165) is 12.8 Å². The summed E-state index contributed by atoms with van der Waals surface area (Å²) in [6.45, 7) is 3.89. The zero-order valence-electron chi connectivity index (χ0n) is 12.4. The maximum Gasteiger partial charge on any atom is 0.344 e. The second kappa shape index (κ2) is 8.84. The first kappa shape index (κ1) is 16.8. The predicted molar refractivity (Wildman–Crippen MR) is 79.8 cm³/mol. The smallest absolute Gasteiger partial charge is 0.344 e. The van der Waals surface area contributed by atoms with Gasteiger partial charge >= 0.3 is 5.97 Å². The third-order valence-corrected chi connectivity index (χ3v) is 2.74. The highest BCUT2D eigenvalue weighted by atomic mass is 16.6. The van der Waals surface area contributed by atoms with E-state index in [1.165, 1.54) is 6.92 Å². The first-order valence-electron chi connectivity index (χ1n) is 6.98. The van der Waals surface area contributed by atoms with Crippen LogP contribution in [0.15, 0.2) is 24.3 Å². The van der Waals surface area contributed by atoms with Gasteiger partial charge in [0.15, 0.2) is 12.7 Å². The van der Waals surface area contributed by atoms with Crippen molar-refractivity contribution in [2.24, 2.45) is 0 Å². The molecule has 0 bridgehead atoms. The lowest BCUT2D eigenvalue weighted by molar-refractivity contribution is -0.156. The minimum Gasteiger partial charge on any atom is -0.482 e. The van der Waals surface area contributed by atoms with E-state index >= 15 is 0 Å². The van der Waals surface area contributed by atoms with E-state index in [2.05, 4.69) is 5.32 Å². The van der Waals surface area contributed by atoms with Crippen LogP contribution in [0.1, 0.15) is 26.7 Å². The van der Waals surface area contributed by atoms with Crippen molar-refractivity contribution in [1.29, 1.82) is 0 Å². The van der Waals surface area contributed by atoms with Crippen molar-refractivity contribution in [1.82, 2.24) is 5.32 Å². The number of hydrogen-bond donors (Lipinski definition) is 2. The number of nitrogens with two attached hydrogens (primary N) is 1. The Balaban J connectivity index is 2.29. The number of amides is 1. The van der Waals surface area contributed by atoms with E-state index in [1.807, 2.05) is 6.92 Å². The fourth-order valence-electron chi connectivity index (χ4n) is 1.52. The Kier molecular flexibility index (Phi) is 7.08. The average molecular weight is 294 g/mol. The number of nitrogens with one attached hydrogen (secondary N) is 1. The van der Waals surface area contributed by atoms with E-state index < -0.39 is 12.1 Å². The Bertz CT molecular complexity index is 459. The lowest BCUT2D eigenvalue weighted by atomic mass is 10.3. The van der Waals surface area contributed by atoms with Gasteiger partial charge in [0.1, 0.15) is 5.75 Å². The van der Waals surface area contributed by atoms with Crippen molar-refractivity contribution >= 4 is 17.6 Å². The quantitative estimate of drug-likeness (QED) is 0.431. The Morgan fingerprint density at radius 1 is 1.29 bits per heavy atom. The van der Waals surface area contributed by atoms with E-state index in [0.29, 0.717) is 18.0 Å². The molecule has 1 aromatic rings. The molecule has 1 atom stereocenters. The second-order valence-corrected chi connectivity index (χ2v) is 4.63. The number of benzene rings is 1. The normalized spacial score (nSPS) is 11.5. The minimum absolute atomic E-state index is 0.253. The molecule has 0 aliphatic carbocycles. The predicted octanol–water partition coefficient (Wildman–Crippen LogP) is 1.50. The number of rotatable bonds is 8. The van der Waals surface area contributed by atoms with Gasteiger partial charge in [0.2, 0.25) is 0 Å². The summed E-state index contributed by atoms with van der Waals surface area (Å²) in [5, 5.41) is 2.70. The van der Waals surface area contributed by atoms with Crippen LogP contribution in [-0.2, 0) is 14.3 Å². The third kappa shape index (κ3) is 6.65. The number of ether oxygens (including phenoxy) is 2. The van der Waals surface area contributed by atoms with E-state index in [4.69, 9.17) is 15.2 Å². The number of esters is 1. The molecular weight excluding hydrogens is 272 g/mol. The molecule has 0 saturated heterocycles. The van der Waals surface area contributed by atoms with Crippen molar-refractivity contribution in [2.45, 2.75) is 32.8 Å². The first-order chi connectivity index (χ1) is 10.0.